The van der Waals surface area contributed by atoms with E-state index in [0.717, 1.165) is 38.6 Å². The fraction of sp³-hybridized carbons (Fsp3) is 0.667. The van der Waals surface area contributed by atoms with Gasteiger partial charge in [-0.3, -0.25) is 9.59 Å². The maximum atomic E-state index is 13.3. The molecule has 0 heterocycles. The Bertz CT molecular complexity index is 805. The minimum atomic E-state index is -0.274. The predicted molar refractivity (Wildman–Crippen MR) is 113 cm³/mol. The molecule has 1 aromatic carbocycles. The average molecular weight is 399 g/mol. The number of rotatable bonds is 5. The summed E-state index contributed by atoms with van der Waals surface area (Å²) in [5.74, 6) is 1.90. The Morgan fingerprint density at radius 1 is 1.31 bits per heavy atom. The van der Waals surface area contributed by atoms with Crippen molar-refractivity contribution < 1.29 is 14.7 Å². The number of hydrogen-bond acceptors (Lipinski definition) is 4. The summed E-state index contributed by atoms with van der Waals surface area (Å²) < 4.78 is 0. The van der Waals surface area contributed by atoms with E-state index in [1.807, 2.05) is 25.1 Å². The third-order valence-corrected chi connectivity index (χ3v) is 7.88. The highest BCUT2D eigenvalue weighted by Gasteiger charge is 2.58. The topological polar surface area (TPSA) is 69.6 Å². The average Bonchev–Trinajstić information content (AvgIpc) is 2.92. The van der Waals surface area contributed by atoms with E-state index >= 15 is 0 Å². The van der Waals surface area contributed by atoms with Crippen LogP contribution in [-0.4, -0.2) is 48.9 Å². The lowest BCUT2D eigenvalue weighted by atomic mass is 9.55. The van der Waals surface area contributed by atoms with Gasteiger partial charge < -0.3 is 15.3 Å². The van der Waals surface area contributed by atoms with Crippen molar-refractivity contribution in [3.8, 4) is 5.75 Å². The van der Waals surface area contributed by atoms with E-state index in [4.69, 9.17) is 0 Å². The highest BCUT2D eigenvalue weighted by atomic mass is 16.3. The molecule has 5 atom stereocenters. The van der Waals surface area contributed by atoms with Gasteiger partial charge in [-0.2, -0.15) is 0 Å². The molecule has 0 spiro atoms. The van der Waals surface area contributed by atoms with Gasteiger partial charge in [0.2, 0.25) is 5.91 Å². The molecular formula is C24H34N2O3. The van der Waals surface area contributed by atoms with Crippen molar-refractivity contribution in [2.24, 2.45) is 23.2 Å². The predicted octanol–water partition coefficient (Wildman–Crippen LogP) is 3.11. The standard InChI is InChI=1S/C24H34N2O3/c1-24-9-8-19-18-7-5-17(27)12-15(18)4-6-20(19)21(24)13-16(23(24)29)14-22(28)25-10-11-26(2)3/h5,7,12,16,19-21,27H,4,6,8-11,13-14H2,1-3H3,(H,25,28)/t16-,19-,20-,21+,24+/m1/s1. The maximum Gasteiger partial charge on any atom is 0.220 e. The van der Waals surface area contributed by atoms with Crippen LogP contribution in [-0.2, 0) is 16.0 Å². The lowest BCUT2D eigenvalue weighted by Gasteiger charge is -2.48. The largest absolute Gasteiger partial charge is 0.508 e. The van der Waals surface area contributed by atoms with E-state index in [1.54, 1.807) is 6.07 Å². The van der Waals surface area contributed by atoms with Gasteiger partial charge in [0.05, 0.1) is 0 Å². The molecular weight excluding hydrogens is 364 g/mol. The highest BCUT2D eigenvalue weighted by Crippen LogP contribution is 2.61. The smallest absolute Gasteiger partial charge is 0.220 e. The van der Waals surface area contributed by atoms with Crippen LogP contribution in [0.1, 0.15) is 56.1 Å². The van der Waals surface area contributed by atoms with Crippen molar-refractivity contribution in [2.75, 3.05) is 27.2 Å². The first-order chi connectivity index (χ1) is 13.8. The van der Waals surface area contributed by atoms with E-state index in [0.29, 0.717) is 42.3 Å². The molecule has 4 rings (SSSR count). The number of phenolic OH excluding ortho intramolecular Hbond substituents is 1. The van der Waals surface area contributed by atoms with Crippen molar-refractivity contribution in [3.63, 3.8) is 0 Å². The van der Waals surface area contributed by atoms with Crippen LogP contribution < -0.4 is 5.32 Å². The second kappa shape index (κ2) is 7.75. The number of amides is 1. The third-order valence-electron chi connectivity index (χ3n) is 7.88. The summed E-state index contributed by atoms with van der Waals surface area (Å²) in [6.07, 6.45) is 5.18. The summed E-state index contributed by atoms with van der Waals surface area (Å²) >= 11 is 0. The van der Waals surface area contributed by atoms with Crippen LogP contribution >= 0.6 is 0 Å². The van der Waals surface area contributed by atoms with Crippen molar-refractivity contribution in [1.82, 2.24) is 10.2 Å². The van der Waals surface area contributed by atoms with Crippen molar-refractivity contribution in [1.29, 1.82) is 0 Å². The lowest BCUT2D eigenvalue weighted by Crippen LogP contribution is -2.42. The molecule has 1 amide bonds. The molecule has 3 aliphatic carbocycles. The van der Waals surface area contributed by atoms with Gasteiger partial charge in [-0.25, -0.2) is 0 Å². The molecule has 0 bridgehead atoms. The molecule has 5 heteroatoms. The molecule has 2 fully saturated rings. The minimum Gasteiger partial charge on any atom is -0.508 e. The number of ketones is 1. The molecule has 0 saturated heterocycles. The van der Waals surface area contributed by atoms with E-state index in [-0.39, 0.29) is 17.2 Å². The van der Waals surface area contributed by atoms with Crippen LogP contribution in [0, 0.1) is 23.2 Å². The molecule has 0 unspecified atom stereocenters. The van der Waals surface area contributed by atoms with Gasteiger partial charge >= 0.3 is 0 Å². The lowest BCUT2D eigenvalue weighted by molar-refractivity contribution is -0.134. The van der Waals surface area contributed by atoms with Crippen LogP contribution in [0.5, 0.6) is 5.75 Å². The van der Waals surface area contributed by atoms with Crippen LogP contribution in [0.15, 0.2) is 18.2 Å². The molecule has 0 aliphatic heterocycles. The van der Waals surface area contributed by atoms with Crippen molar-refractivity contribution >= 4 is 11.7 Å². The van der Waals surface area contributed by atoms with Crippen LogP contribution in [0.25, 0.3) is 0 Å². The quantitative estimate of drug-likeness (QED) is 0.800. The minimum absolute atomic E-state index is 0.00784. The van der Waals surface area contributed by atoms with Crippen LogP contribution in [0.4, 0.5) is 0 Å². The number of phenols is 1. The summed E-state index contributed by atoms with van der Waals surface area (Å²) in [6.45, 7) is 3.59. The second-order valence-electron chi connectivity index (χ2n) is 9.91. The van der Waals surface area contributed by atoms with Crippen molar-refractivity contribution in [3.05, 3.63) is 29.3 Å². The molecule has 29 heavy (non-hydrogen) atoms. The summed E-state index contributed by atoms with van der Waals surface area (Å²) in [6, 6.07) is 5.81. The summed E-state index contributed by atoms with van der Waals surface area (Å²) in [7, 11) is 3.97. The number of hydrogen-bond donors (Lipinski definition) is 2. The van der Waals surface area contributed by atoms with Gasteiger partial charge in [-0.1, -0.05) is 13.0 Å². The zero-order chi connectivity index (χ0) is 20.8. The number of aryl methyl sites for hydroxylation is 1. The molecule has 0 radical (unpaired) electrons. The SMILES string of the molecule is CN(C)CCNC(=O)C[C@H]1C[C@H]2[C@@H]3CCc4cc(O)ccc4[C@H]3CC[C@]2(C)C1=O. The van der Waals surface area contributed by atoms with Gasteiger partial charge in [0, 0.05) is 30.8 Å². The Morgan fingerprint density at radius 3 is 2.86 bits per heavy atom. The summed E-state index contributed by atoms with van der Waals surface area (Å²) in [5.41, 5.74) is 2.37. The number of benzene rings is 1. The number of Topliss-reactive ketones (excluding diaryl/α,β-unsaturated/α-hetero) is 1. The Balaban J connectivity index is 1.47. The second-order valence-corrected chi connectivity index (χ2v) is 9.91. The van der Waals surface area contributed by atoms with Gasteiger partial charge in [-0.05, 0) is 87.2 Å². The zero-order valence-electron chi connectivity index (χ0n) is 17.9. The number of carbonyl (C=O) groups is 2. The summed E-state index contributed by atoms with van der Waals surface area (Å²) in [4.78, 5) is 27.8. The number of fused-ring (bicyclic) bond motifs is 5. The van der Waals surface area contributed by atoms with Gasteiger partial charge in [-0.15, -0.1) is 0 Å². The highest BCUT2D eigenvalue weighted by molar-refractivity contribution is 5.93. The number of nitrogens with zero attached hydrogens (tertiary/aromatic N) is 1. The fourth-order valence-electron chi connectivity index (χ4n) is 6.40. The van der Waals surface area contributed by atoms with E-state index in [1.165, 1.54) is 11.1 Å². The normalized spacial score (nSPS) is 33.2. The maximum absolute atomic E-state index is 13.3. The Morgan fingerprint density at radius 2 is 2.10 bits per heavy atom. The molecule has 158 valence electrons. The molecule has 3 aliphatic rings. The molecule has 2 saturated carbocycles. The first kappa shape index (κ1) is 20.4. The van der Waals surface area contributed by atoms with Gasteiger partial charge in [0.25, 0.3) is 0 Å². The van der Waals surface area contributed by atoms with Crippen LogP contribution in [0.2, 0.25) is 0 Å². The monoisotopic (exact) mass is 398 g/mol. The molecule has 1 aromatic rings. The molecule has 0 aromatic heterocycles. The van der Waals surface area contributed by atoms with E-state index in [9.17, 15) is 14.7 Å². The Kier molecular flexibility index (Phi) is 5.45. The fourth-order valence-corrected chi connectivity index (χ4v) is 6.40. The molecule has 2 N–H and O–H groups in total. The Labute approximate surface area is 173 Å². The number of likely N-dealkylation sites (N-methyl/N-ethyl adjacent to an activating group) is 1. The van der Waals surface area contributed by atoms with Crippen molar-refractivity contribution in [2.45, 2.75) is 51.4 Å². The van der Waals surface area contributed by atoms with Gasteiger partial charge in [0.1, 0.15) is 11.5 Å². The first-order valence-corrected chi connectivity index (χ1v) is 11.1. The zero-order valence-corrected chi connectivity index (χ0v) is 17.9. The third kappa shape index (κ3) is 3.70. The number of carbonyl (C=O) groups excluding carboxylic acids is 2. The molecule has 5 nitrogen and oxygen atoms in total. The van der Waals surface area contributed by atoms with Crippen LogP contribution in [0.3, 0.4) is 0 Å². The summed E-state index contributed by atoms with van der Waals surface area (Å²) in [5, 5.41) is 12.8. The van der Waals surface area contributed by atoms with E-state index in [2.05, 4.69) is 18.3 Å². The number of nitrogens with one attached hydrogen (secondary N) is 1. The number of aromatic hydroxyl groups is 1. The first-order valence-electron chi connectivity index (χ1n) is 11.1. The van der Waals surface area contributed by atoms with Gasteiger partial charge in [0.15, 0.2) is 0 Å². The van der Waals surface area contributed by atoms with E-state index < -0.39 is 0 Å². The Hall–Kier alpha value is -1.88.